The van der Waals surface area contributed by atoms with Crippen molar-refractivity contribution in [1.82, 2.24) is 4.90 Å². The van der Waals surface area contributed by atoms with Gasteiger partial charge in [-0.1, -0.05) is 33.8 Å². The topological polar surface area (TPSA) is 51.2 Å². The highest BCUT2D eigenvalue weighted by atomic mass is 16.5. The number of hydrogen-bond acceptors (Lipinski definition) is 5. The Morgan fingerprint density at radius 2 is 1.60 bits per heavy atom. The lowest BCUT2D eigenvalue weighted by Gasteiger charge is -2.27. The number of aliphatic hydroxyl groups is 1. The van der Waals surface area contributed by atoms with E-state index >= 15 is 0 Å². The number of benzene rings is 1. The molecule has 25 heavy (non-hydrogen) atoms. The molecule has 1 aromatic carbocycles. The second-order valence-corrected chi connectivity index (χ2v) is 7.36. The summed E-state index contributed by atoms with van der Waals surface area (Å²) in [6, 6.07) is 5.95. The zero-order chi connectivity index (χ0) is 18.8. The predicted octanol–water partition coefficient (Wildman–Crippen LogP) is 3.20. The van der Waals surface area contributed by atoms with Gasteiger partial charge >= 0.3 is 0 Å². The van der Waals surface area contributed by atoms with Crippen LogP contribution in [0, 0.1) is 11.8 Å². The Kier molecular flexibility index (Phi) is 9.86. The van der Waals surface area contributed by atoms with Crippen LogP contribution in [0.3, 0.4) is 0 Å². The summed E-state index contributed by atoms with van der Waals surface area (Å²) >= 11 is 0. The van der Waals surface area contributed by atoms with E-state index in [-0.39, 0.29) is 0 Å². The second kappa shape index (κ2) is 11.3. The average molecular weight is 354 g/mol. The van der Waals surface area contributed by atoms with Crippen LogP contribution in [0.4, 0.5) is 0 Å². The molecule has 0 aliphatic carbocycles. The van der Waals surface area contributed by atoms with Gasteiger partial charge in [0.1, 0.15) is 0 Å². The summed E-state index contributed by atoms with van der Waals surface area (Å²) in [6.45, 7) is 11.9. The molecule has 0 aromatic heterocycles. The Balaban J connectivity index is 2.69. The molecule has 0 radical (unpaired) electrons. The molecule has 0 spiro atoms. The minimum atomic E-state index is -0.488. The molecule has 1 N–H and O–H groups in total. The van der Waals surface area contributed by atoms with E-state index in [1.165, 1.54) is 0 Å². The van der Waals surface area contributed by atoms with Crippen molar-refractivity contribution in [1.29, 1.82) is 0 Å². The van der Waals surface area contributed by atoms with Crippen LogP contribution in [0.5, 0.6) is 11.5 Å². The standard InChI is InChI=1S/C20H35NO4/c1-15(2)10-21(12-18(22)14-25-13-16(3)4)11-17-7-8-19(23-5)20(9-17)24-6/h7-9,15-16,18,22H,10-14H2,1-6H3. The lowest BCUT2D eigenvalue weighted by Crippen LogP contribution is -2.37. The maximum atomic E-state index is 10.3. The first kappa shape index (κ1) is 21.7. The van der Waals surface area contributed by atoms with E-state index in [1.807, 2.05) is 18.2 Å². The molecule has 0 saturated heterocycles. The molecule has 0 amide bonds. The molecule has 1 aromatic rings. The Morgan fingerprint density at radius 1 is 0.920 bits per heavy atom. The molecule has 1 atom stereocenters. The van der Waals surface area contributed by atoms with Crippen molar-refractivity contribution in [3.63, 3.8) is 0 Å². The predicted molar refractivity (Wildman–Crippen MR) is 101 cm³/mol. The summed E-state index contributed by atoms with van der Waals surface area (Å²) in [5.41, 5.74) is 1.13. The Hall–Kier alpha value is -1.30. The summed E-state index contributed by atoms with van der Waals surface area (Å²) in [5, 5.41) is 10.3. The zero-order valence-corrected chi connectivity index (χ0v) is 16.6. The minimum Gasteiger partial charge on any atom is -0.493 e. The van der Waals surface area contributed by atoms with Crippen LogP contribution in [-0.2, 0) is 11.3 Å². The quantitative estimate of drug-likeness (QED) is 0.625. The lowest BCUT2D eigenvalue weighted by molar-refractivity contribution is 0.00522. The van der Waals surface area contributed by atoms with Crippen LogP contribution in [0.2, 0.25) is 0 Å². The van der Waals surface area contributed by atoms with E-state index in [4.69, 9.17) is 14.2 Å². The van der Waals surface area contributed by atoms with Crippen molar-refractivity contribution in [2.24, 2.45) is 11.8 Å². The summed E-state index contributed by atoms with van der Waals surface area (Å²) < 4.78 is 16.2. The second-order valence-electron chi connectivity index (χ2n) is 7.36. The summed E-state index contributed by atoms with van der Waals surface area (Å²) in [4.78, 5) is 2.26. The van der Waals surface area contributed by atoms with Crippen LogP contribution in [0.15, 0.2) is 18.2 Å². The fraction of sp³-hybridized carbons (Fsp3) is 0.700. The number of aliphatic hydroxyl groups excluding tert-OH is 1. The Bertz CT molecular complexity index is 491. The molecule has 144 valence electrons. The van der Waals surface area contributed by atoms with E-state index in [2.05, 4.69) is 32.6 Å². The smallest absolute Gasteiger partial charge is 0.161 e. The van der Waals surface area contributed by atoms with Crippen molar-refractivity contribution in [3.05, 3.63) is 23.8 Å². The third-order valence-electron chi connectivity index (χ3n) is 3.71. The van der Waals surface area contributed by atoms with E-state index < -0.39 is 6.10 Å². The van der Waals surface area contributed by atoms with Crippen molar-refractivity contribution < 1.29 is 19.3 Å². The highest BCUT2D eigenvalue weighted by molar-refractivity contribution is 5.42. The molecular weight excluding hydrogens is 318 g/mol. The fourth-order valence-corrected chi connectivity index (χ4v) is 2.75. The molecule has 0 saturated carbocycles. The van der Waals surface area contributed by atoms with Gasteiger partial charge in [-0.3, -0.25) is 4.90 Å². The molecule has 0 heterocycles. The fourth-order valence-electron chi connectivity index (χ4n) is 2.75. The number of rotatable bonds is 12. The Morgan fingerprint density at radius 3 is 2.16 bits per heavy atom. The molecule has 5 nitrogen and oxygen atoms in total. The molecule has 0 bridgehead atoms. The average Bonchev–Trinajstić information content (AvgIpc) is 2.53. The van der Waals surface area contributed by atoms with Crippen LogP contribution >= 0.6 is 0 Å². The van der Waals surface area contributed by atoms with Crippen molar-refractivity contribution >= 4 is 0 Å². The third kappa shape index (κ3) is 8.56. The highest BCUT2D eigenvalue weighted by Crippen LogP contribution is 2.28. The molecule has 0 fully saturated rings. The number of hydrogen-bond donors (Lipinski definition) is 1. The largest absolute Gasteiger partial charge is 0.493 e. The van der Waals surface area contributed by atoms with Gasteiger partial charge in [0.25, 0.3) is 0 Å². The molecule has 5 heteroatoms. The maximum absolute atomic E-state index is 10.3. The zero-order valence-electron chi connectivity index (χ0n) is 16.6. The van der Waals surface area contributed by atoms with Gasteiger partial charge in [-0.15, -0.1) is 0 Å². The first-order chi connectivity index (χ1) is 11.8. The highest BCUT2D eigenvalue weighted by Gasteiger charge is 2.15. The van der Waals surface area contributed by atoms with Crippen molar-refractivity contribution in [3.8, 4) is 11.5 Å². The summed E-state index contributed by atoms with van der Waals surface area (Å²) in [7, 11) is 3.28. The monoisotopic (exact) mass is 353 g/mol. The molecule has 1 unspecified atom stereocenters. The minimum absolute atomic E-state index is 0.374. The van der Waals surface area contributed by atoms with Gasteiger partial charge in [-0.05, 0) is 29.5 Å². The van der Waals surface area contributed by atoms with E-state index in [9.17, 15) is 5.11 Å². The van der Waals surface area contributed by atoms with Gasteiger partial charge in [0.15, 0.2) is 11.5 Å². The van der Waals surface area contributed by atoms with E-state index in [1.54, 1.807) is 14.2 Å². The van der Waals surface area contributed by atoms with E-state index in [0.29, 0.717) is 31.6 Å². The number of nitrogens with zero attached hydrogens (tertiary/aromatic N) is 1. The number of methoxy groups -OCH3 is 2. The first-order valence-electron chi connectivity index (χ1n) is 9.04. The van der Waals surface area contributed by atoms with Gasteiger partial charge in [0, 0.05) is 26.2 Å². The first-order valence-corrected chi connectivity index (χ1v) is 9.04. The van der Waals surface area contributed by atoms with Crippen LogP contribution < -0.4 is 9.47 Å². The van der Waals surface area contributed by atoms with Gasteiger partial charge in [0.05, 0.1) is 26.9 Å². The van der Waals surface area contributed by atoms with Crippen LogP contribution in [-0.4, -0.2) is 56.6 Å². The van der Waals surface area contributed by atoms with Gasteiger partial charge < -0.3 is 19.3 Å². The van der Waals surface area contributed by atoms with Crippen LogP contribution in [0.1, 0.15) is 33.3 Å². The SMILES string of the molecule is COc1ccc(CN(CC(C)C)CC(O)COCC(C)C)cc1OC. The van der Waals surface area contributed by atoms with Gasteiger partial charge in [0.2, 0.25) is 0 Å². The van der Waals surface area contributed by atoms with Crippen molar-refractivity contribution in [2.75, 3.05) is 40.5 Å². The van der Waals surface area contributed by atoms with E-state index in [0.717, 1.165) is 30.2 Å². The summed E-state index contributed by atoms with van der Waals surface area (Å²) in [5.74, 6) is 2.45. The molecule has 0 aliphatic rings. The van der Waals surface area contributed by atoms with Gasteiger partial charge in [-0.2, -0.15) is 0 Å². The summed E-state index contributed by atoms with van der Waals surface area (Å²) in [6.07, 6.45) is -0.488. The third-order valence-corrected chi connectivity index (χ3v) is 3.71. The molecule has 1 rings (SSSR count). The maximum Gasteiger partial charge on any atom is 0.161 e. The normalized spacial score (nSPS) is 12.9. The number of ether oxygens (including phenoxy) is 3. The molecule has 0 aliphatic heterocycles. The van der Waals surface area contributed by atoms with Crippen molar-refractivity contribution in [2.45, 2.75) is 40.3 Å². The Labute approximate surface area is 152 Å². The lowest BCUT2D eigenvalue weighted by atomic mass is 10.1. The molecular formula is C20H35NO4. The van der Waals surface area contributed by atoms with Crippen LogP contribution in [0.25, 0.3) is 0 Å². The van der Waals surface area contributed by atoms with Gasteiger partial charge in [-0.25, -0.2) is 0 Å².